The maximum atomic E-state index is 10.6. The zero-order valence-electron chi connectivity index (χ0n) is 6.53. The lowest BCUT2D eigenvalue weighted by molar-refractivity contribution is -0.143. The Morgan fingerprint density at radius 2 is 2.25 bits per heavy atom. The Hall–Kier alpha value is -1.10. The molecule has 0 radical (unpaired) electrons. The van der Waals surface area contributed by atoms with Gasteiger partial charge >= 0.3 is 5.97 Å². The molecular weight excluding hydrogens is 162 g/mol. The number of carboxylic acid groups (broad SMARTS) is 1. The van der Waals surface area contributed by atoms with E-state index in [0.29, 0.717) is 13.0 Å². The number of ether oxygens (including phenoxy) is 1. The monoisotopic (exact) mass is 173 g/mol. The van der Waals surface area contributed by atoms with Crippen LogP contribution in [0.3, 0.4) is 0 Å². The molecule has 2 atom stereocenters. The quantitative estimate of drug-likeness (QED) is 0.593. The van der Waals surface area contributed by atoms with Gasteiger partial charge in [-0.1, -0.05) is 0 Å². The lowest BCUT2D eigenvalue weighted by Crippen LogP contribution is -2.28. The Bertz CT molecular complexity index is 204. The Morgan fingerprint density at radius 3 is 2.75 bits per heavy atom. The number of aliphatic carboxylic acids is 1. The molecule has 1 fully saturated rings. The molecule has 1 aliphatic heterocycles. The van der Waals surface area contributed by atoms with E-state index >= 15 is 0 Å². The summed E-state index contributed by atoms with van der Waals surface area (Å²) in [5, 5.41) is 8.66. The number of nitrogens with two attached hydrogens (primary N) is 1. The molecule has 0 aliphatic carbocycles. The molecule has 0 aromatic heterocycles. The molecule has 0 aromatic rings. The van der Waals surface area contributed by atoms with Crippen LogP contribution in [0.4, 0.5) is 0 Å². The van der Waals surface area contributed by atoms with E-state index in [-0.39, 0.29) is 6.42 Å². The summed E-state index contributed by atoms with van der Waals surface area (Å²) in [7, 11) is 0. The minimum Gasteiger partial charge on any atom is -0.481 e. The number of rotatable bonds is 3. The first kappa shape index (κ1) is 8.99. The molecule has 5 heteroatoms. The average Bonchev–Trinajstić information content (AvgIpc) is 2.33. The Kier molecular flexibility index (Phi) is 2.65. The van der Waals surface area contributed by atoms with Crippen molar-refractivity contribution in [1.29, 1.82) is 0 Å². The van der Waals surface area contributed by atoms with E-state index < -0.39 is 23.9 Å². The molecule has 0 bridgehead atoms. The number of primary amides is 1. The lowest BCUT2D eigenvalue weighted by Gasteiger charge is -2.11. The van der Waals surface area contributed by atoms with Crippen LogP contribution in [0.1, 0.15) is 12.8 Å². The predicted molar refractivity (Wildman–Crippen MR) is 39.3 cm³/mol. The summed E-state index contributed by atoms with van der Waals surface area (Å²) in [6.07, 6.45) is -0.0652. The molecule has 0 spiro atoms. The van der Waals surface area contributed by atoms with Crippen LogP contribution >= 0.6 is 0 Å². The highest BCUT2D eigenvalue weighted by Gasteiger charge is 2.34. The van der Waals surface area contributed by atoms with Crippen LogP contribution in [0.15, 0.2) is 0 Å². The van der Waals surface area contributed by atoms with Crippen LogP contribution in [0.5, 0.6) is 0 Å². The highest BCUT2D eigenvalue weighted by Crippen LogP contribution is 2.23. The molecule has 2 unspecified atom stereocenters. The summed E-state index contributed by atoms with van der Waals surface area (Å²) in [6, 6.07) is 0. The summed E-state index contributed by atoms with van der Waals surface area (Å²) in [6.45, 7) is 0.398. The van der Waals surface area contributed by atoms with Gasteiger partial charge in [-0.3, -0.25) is 9.59 Å². The first-order valence-corrected chi connectivity index (χ1v) is 3.74. The van der Waals surface area contributed by atoms with E-state index in [1.54, 1.807) is 0 Å². The third-order valence-corrected chi connectivity index (χ3v) is 1.93. The average molecular weight is 173 g/mol. The molecule has 1 heterocycles. The number of carboxylic acids is 1. The fourth-order valence-corrected chi connectivity index (χ4v) is 1.33. The zero-order valence-corrected chi connectivity index (χ0v) is 6.53. The van der Waals surface area contributed by atoms with E-state index in [0.717, 1.165) is 0 Å². The third-order valence-electron chi connectivity index (χ3n) is 1.93. The Morgan fingerprint density at radius 1 is 1.58 bits per heavy atom. The number of carbonyl (C=O) groups excluding carboxylic acids is 1. The van der Waals surface area contributed by atoms with Crippen molar-refractivity contribution in [3.05, 3.63) is 0 Å². The number of amides is 1. The van der Waals surface area contributed by atoms with Gasteiger partial charge in [-0.2, -0.15) is 0 Å². The summed E-state index contributed by atoms with van der Waals surface area (Å²) in [5.74, 6) is -2.01. The lowest BCUT2D eigenvalue weighted by atomic mass is 9.99. The van der Waals surface area contributed by atoms with Gasteiger partial charge in [-0.15, -0.1) is 0 Å². The van der Waals surface area contributed by atoms with E-state index in [2.05, 4.69) is 0 Å². The molecule has 3 N–H and O–H groups in total. The largest absolute Gasteiger partial charge is 0.481 e. The van der Waals surface area contributed by atoms with Crippen LogP contribution in [-0.2, 0) is 14.3 Å². The Labute approximate surface area is 69.5 Å². The molecule has 68 valence electrons. The van der Waals surface area contributed by atoms with Gasteiger partial charge in [0.1, 0.15) is 0 Å². The van der Waals surface area contributed by atoms with Crippen LogP contribution in [0, 0.1) is 5.92 Å². The molecule has 1 amide bonds. The van der Waals surface area contributed by atoms with Gasteiger partial charge in [0.25, 0.3) is 0 Å². The van der Waals surface area contributed by atoms with Crippen molar-refractivity contribution in [2.45, 2.75) is 18.9 Å². The fraction of sp³-hybridized carbons (Fsp3) is 0.714. The van der Waals surface area contributed by atoms with Crippen molar-refractivity contribution in [3.8, 4) is 0 Å². The Balaban J connectivity index is 2.52. The third kappa shape index (κ3) is 1.94. The number of hydrogen-bond donors (Lipinski definition) is 2. The van der Waals surface area contributed by atoms with Gasteiger partial charge in [-0.05, 0) is 6.42 Å². The van der Waals surface area contributed by atoms with E-state index in [4.69, 9.17) is 15.6 Å². The summed E-state index contributed by atoms with van der Waals surface area (Å²) >= 11 is 0. The highest BCUT2D eigenvalue weighted by molar-refractivity contribution is 5.77. The SMILES string of the molecule is NC(=O)CC1OCCC1C(=O)O. The van der Waals surface area contributed by atoms with Crippen molar-refractivity contribution in [3.63, 3.8) is 0 Å². The zero-order chi connectivity index (χ0) is 9.14. The smallest absolute Gasteiger partial charge is 0.309 e. The van der Waals surface area contributed by atoms with Crippen LogP contribution in [0.2, 0.25) is 0 Å². The minimum absolute atomic E-state index is 0.00301. The standard InChI is InChI=1S/C7H11NO4/c8-6(9)3-5-4(7(10)11)1-2-12-5/h4-5H,1-3H2,(H2,8,9)(H,10,11). The second-order valence-corrected chi connectivity index (χ2v) is 2.81. The highest BCUT2D eigenvalue weighted by atomic mass is 16.5. The second kappa shape index (κ2) is 3.53. The maximum absolute atomic E-state index is 10.6. The number of carbonyl (C=O) groups is 2. The van der Waals surface area contributed by atoms with Gasteiger partial charge < -0.3 is 15.6 Å². The van der Waals surface area contributed by atoms with E-state index in [1.165, 1.54) is 0 Å². The van der Waals surface area contributed by atoms with E-state index in [1.807, 2.05) is 0 Å². The topological polar surface area (TPSA) is 89.6 Å². The molecule has 0 saturated carbocycles. The van der Waals surface area contributed by atoms with Gasteiger partial charge in [0.05, 0.1) is 18.4 Å². The van der Waals surface area contributed by atoms with Crippen molar-refractivity contribution < 1.29 is 19.4 Å². The molecule has 1 saturated heterocycles. The summed E-state index contributed by atoms with van der Waals surface area (Å²) in [5.41, 5.74) is 4.92. The maximum Gasteiger partial charge on any atom is 0.309 e. The van der Waals surface area contributed by atoms with Crippen LogP contribution in [0.25, 0.3) is 0 Å². The first-order chi connectivity index (χ1) is 5.61. The number of hydrogen-bond acceptors (Lipinski definition) is 3. The van der Waals surface area contributed by atoms with Crippen LogP contribution < -0.4 is 5.73 Å². The van der Waals surface area contributed by atoms with Gasteiger partial charge in [0.2, 0.25) is 5.91 Å². The second-order valence-electron chi connectivity index (χ2n) is 2.81. The fourth-order valence-electron chi connectivity index (χ4n) is 1.33. The van der Waals surface area contributed by atoms with Crippen LogP contribution in [-0.4, -0.2) is 29.7 Å². The van der Waals surface area contributed by atoms with Gasteiger partial charge in [0, 0.05) is 6.61 Å². The molecule has 1 aliphatic rings. The molecule has 1 rings (SSSR count). The summed E-state index contributed by atoms with van der Waals surface area (Å²) in [4.78, 5) is 21.0. The van der Waals surface area contributed by atoms with E-state index in [9.17, 15) is 9.59 Å². The van der Waals surface area contributed by atoms with Gasteiger partial charge in [0.15, 0.2) is 0 Å². The van der Waals surface area contributed by atoms with Gasteiger partial charge in [-0.25, -0.2) is 0 Å². The van der Waals surface area contributed by atoms with Crippen molar-refractivity contribution in [2.24, 2.45) is 11.7 Å². The first-order valence-electron chi connectivity index (χ1n) is 3.74. The molecule has 5 nitrogen and oxygen atoms in total. The molecular formula is C7H11NO4. The minimum atomic E-state index is -0.918. The van der Waals surface area contributed by atoms with Crippen molar-refractivity contribution in [1.82, 2.24) is 0 Å². The summed E-state index contributed by atoms with van der Waals surface area (Å²) < 4.78 is 5.06. The van der Waals surface area contributed by atoms with Crippen molar-refractivity contribution >= 4 is 11.9 Å². The normalized spacial score (nSPS) is 28.7. The molecule has 12 heavy (non-hydrogen) atoms. The van der Waals surface area contributed by atoms with Crippen molar-refractivity contribution in [2.75, 3.05) is 6.61 Å². The predicted octanol–water partition coefficient (Wildman–Crippen LogP) is -0.648. The molecule has 0 aromatic carbocycles.